The number of aryl methyl sites for hydroxylation is 1. The highest BCUT2D eigenvalue weighted by molar-refractivity contribution is 9.10. The Kier molecular flexibility index (Phi) is 4.22. The second kappa shape index (κ2) is 6.79. The summed E-state index contributed by atoms with van der Waals surface area (Å²) in [7, 11) is 0. The van der Waals surface area contributed by atoms with Gasteiger partial charge in [-0.05, 0) is 42.8 Å². The van der Waals surface area contributed by atoms with Gasteiger partial charge in [0.05, 0.1) is 22.0 Å². The summed E-state index contributed by atoms with van der Waals surface area (Å²) in [5.74, 6) is 0. The van der Waals surface area contributed by atoms with Crippen LogP contribution in [0.4, 0.5) is 0 Å². The molecule has 0 aliphatic rings. The zero-order valence-electron chi connectivity index (χ0n) is 15.2. The Bertz CT molecular complexity index is 1460. The molecule has 0 aliphatic carbocycles. The smallest absolute Gasteiger partial charge is 0.281 e. The maximum absolute atomic E-state index is 13.1. The van der Waals surface area contributed by atoms with Gasteiger partial charge in [0.1, 0.15) is 5.52 Å². The molecule has 0 N–H and O–H groups in total. The molecule has 0 saturated carbocycles. The first-order valence-electron chi connectivity index (χ1n) is 8.83. The number of hydrogen-bond donors (Lipinski definition) is 0. The van der Waals surface area contributed by atoms with Crippen LogP contribution in [0.3, 0.4) is 0 Å². The average molecular weight is 467 g/mol. The average Bonchev–Trinajstić information content (AvgIpc) is 3.06. The number of fused-ring (bicyclic) bond motifs is 3. The highest BCUT2D eigenvalue weighted by Crippen LogP contribution is 2.29. The van der Waals surface area contributed by atoms with E-state index in [0.717, 1.165) is 21.3 Å². The van der Waals surface area contributed by atoms with E-state index >= 15 is 0 Å². The predicted molar refractivity (Wildman–Crippen MR) is 117 cm³/mol. The molecule has 6 nitrogen and oxygen atoms in total. The molecule has 0 unspecified atom stereocenters. The fraction of sp³-hybridized carbons (Fsp3) is 0.0476. The molecule has 29 heavy (non-hydrogen) atoms. The topological polar surface area (TPSA) is 65.1 Å². The van der Waals surface area contributed by atoms with E-state index in [4.69, 9.17) is 11.6 Å². The lowest BCUT2D eigenvalue weighted by Crippen LogP contribution is -2.20. The summed E-state index contributed by atoms with van der Waals surface area (Å²) in [6.07, 6.45) is 1.68. The molecular formula is C21H13BrClN5O. The molecular weight excluding hydrogens is 454 g/mol. The van der Waals surface area contributed by atoms with Gasteiger partial charge in [0.2, 0.25) is 0 Å². The minimum absolute atomic E-state index is 0.227. The molecule has 0 spiro atoms. The van der Waals surface area contributed by atoms with Gasteiger partial charge in [-0.25, -0.2) is 4.52 Å². The van der Waals surface area contributed by atoms with Crippen LogP contribution in [0.1, 0.15) is 5.69 Å². The lowest BCUT2D eigenvalue weighted by molar-refractivity contribution is 0.905. The molecule has 8 heteroatoms. The van der Waals surface area contributed by atoms with Gasteiger partial charge in [0.15, 0.2) is 11.2 Å². The van der Waals surface area contributed by atoms with Crippen LogP contribution >= 0.6 is 27.5 Å². The summed E-state index contributed by atoms with van der Waals surface area (Å²) in [6.45, 7) is 1.92. The van der Waals surface area contributed by atoms with Crippen LogP contribution in [0.15, 0.2) is 70.1 Å². The van der Waals surface area contributed by atoms with Gasteiger partial charge < -0.3 is 0 Å². The van der Waals surface area contributed by atoms with E-state index < -0.39 is 0 Å². The molecule has 0 amide bonds. The third-order valence-corrected chi connectivity index (χ3v) is 5.65. The third kappa shape index (κ3) is 2.85. The normalized spacial score (nSPS) is 11.4. The lowest BCUT2D eigenvalue weighted by Gasteiger charge is -2.09. The zero-order chi connectivity index (χ0) is 20.1. The molecule has 3 heterocycles. The lowest BCUT2D eigenvalue weighted by atomic mass is 10.1. The largest absolute Gasteiger partial charge is 0.285 e. The fourth-order valence-electron chi connectivity index (χ4n) is 3.44. The molecule has 0 fully saturated rings. The van der Waals surface area contributed by atoms with Crippen LogP contribution < -0.4 is 5.56 Å². The van der Waals surface area contributed by atoms with Crippen molar-refractivity contribution in [2.75, 3.05) is 0 Å². The monoisotopic (exact) mass is 465 g/mol. The second-order valence-corrected chi connectivity index (χ2v) is 7.90. The molecule has 2 aromatic carbocycles. The maximum atomic E-state index is 13.1. The van der Waals surface area contributed by atoms with E-state index in [2.05, 4.69) is 31.2 Å². The van der Waals surface area contributed by atoms with Gasteiger partial charge in [0.25, 0.3) is 5.56 Å². The number of nitrogens with zero attached hydrogens (tertiary/aromatic N) is 5. The van der Waals surface area contributed by atoms with Crippen molar-refractivity contribution in [3.63, 3.8) is 0 Å². The maximum Gasteiger partial charge on any atom is 0.285 e. The Hall–Kier alpha value is -3.03. The van der Waals surface area contributed by atoms with E-state index in [1.165, 1.54) is 4.57 Å². The molecule has 0 bridgehead atoms. The van der Waals surface area contributed by atoms with Crippen molar-refractivity contribution in [1.29, 1.82) is 0 Å². The van der Waals surface area contributed by atoms with Crippen LogP contribution in [0.5, 0.6) is 0 Å². The molecule has 0 radical (unpaired) electrons. The number of hydrogen-bond acceptors (Lipinski definition) is 4. The van der Waals surface area contributed by atoms with Crippen LogP contribution in [-0.2, 0) is 0 Å². The Morgan fingerprint density at radius 3 is 2.52 bits per heavy atom. The molecule has 3 aromatic heterocycles. The van der Waals surface area contributed by atoms with Crippen molar-refractivity contribution in [2.24, 2.45) is 0 Å². The predicted octanol–water partition coefficient (Wildman–Crippen LogP) is 4.82. The number of pyridine rings is 1. The number of halogens is 2. The highest BCUT2D eigenvalue weighted by Gasteiger charge is 2.18. The Labute approximate surface area is 178 Å². The van der Waals surface area contributed by atoms with E-state index in [1.807, 2.05) is 43.3 Å². The fourth-order valence-corrected chi connectivity index (χ4v) is 3.94. The Morgan fingerprint density at radius 1 is 1.00 bits per heavy atom. The summed E-state index contributed by atoms with van der Waals surface area (Å²) in [4.78, 5) is 13.1. The van der Waals surface area contributed by atoms with Gasteiger partial charge >= 0.3 is 0 Å². The molecule has 0 aliphatic heterocycles. The van der Waals surface area contributed by atoms with Crippen molar-refractivity contribution in [3.8, 4) is 16.8 Å². The van der Waals surface area contributed by atoms with E-state index in [9.17, 15) is 4.79 Å². The number of para-hydroxylation sites is 1. The van der Waals surface area contributed by atoms with Gasteiger partial charge in [-0.2, -0.15) is 5.10 Å². The summed E-state index contributed by atoms with van der Waals surface area (Å²) in [5, 5.41) is 13.7. The summed E-state index contributed by atoms with van der Waals surface area (Å²) in [6, 6.07) is 16.9. The van der Waals surface area contributed by atoms with E-state index in [-0.39, 0.29) is 11.1 Å². The minimum atomic E-state index is -0.302. The Balaban J connectivity index is 1.78. The van der Waals surface area contributed by atoms with Crippen molar-refractivity contribution < 1.29 is 0 Å². The van der Waals surface area contributed by atoms with Crippen LogP contribution in [-0.4, -0.2) is 24.4 Å². The summed E-state index contributed by atoms with van der Waals surface area (Å²) in [5.41, 5.74) is 4.40. The van der Waals surface area contributed by atoms with Crippen molar-refractivity contribution in [2.45, 2.75) is 6.92 Å². The number of benzene rings is 2. The van der Waals surface area contributed by atoms with Crippen molar-refractivity contribution >= 4 is 44.2 Å². The first-order chi connectivity index (χ1) is 14.0. The highest BCUT2D eigenvalue weighted by atomic mass is 79.9. The first kappa shape index (κ1) is 18.0. The van der Waals surface area contributed by atoms with Crippen LogP contribution in [0, 0.1) is 6.92 Å². The number of aromatic nitrogens is 5. The molecule has 0 saturated heterocycles. The van der Waals surface area contributed by atoms with Crippen molar-refractivity contribution in [1.82, 2.24) is 24.4 Å². The summed E-state index contributed by atoms with van der Waals surface area (Å²) < 4.78 is 4.14. The van der Waals surface area contributed by atoms with Gasteiger partial charge in [0, 0.05) is 10.7 Å². The van der Waals surface area contributed by atoms with Gasteiger partial charge in [-0.1, -0.05) is 51.8 Å². The van der Waals surface area contributed by atoms with E-state index in [0.29, 0.717) is 21.9 Å². The SMILES string of the molecule is Cc1nn2c(nnc3c(=O)n(-c4ccccc4Cl)ccc32)c1-c1ccc(Br)cc1. The third-order valence-electron chi connectivity index (χ3n) is 4.80. The molecule has 142 valence electrons. The Morgan fingerprint density at radius 2 is 1.76 bits per heavy atom. The van der Waals surface area contributed by atoms with Crippen LogP contribution in [0.25, 0.3) is 33.5 Å². The number of rotatable bonds is 2. The van der Waals surface area contributed by atoms with Gasteiger partial charge in [-0.3, -0.25) is 9.36 Å². The molecule has 0 atom stereocenters. The van der Waals surface area contributed by atoms with E-state index in [1.54, 1.807) is 28.9 Å². The summed E-state index contributed by atoms with van der Waals surface area (Å²) >= 11 is 9.72. The van der Waals surface area contributed by atoms with Crippen molar-refractivity contribution in [3.05, 3.63) is 86.3 Å². The standard InChI is InChI=1S/C21H13BrClN5O/c1-12-18(13-6-8-14(22)9-7-13)20-25-24-19-17(28(20)26-12)10-11-27(21(19)29)16-5-3-2-4-15(16)23/h2-11H,1H3. The first-order valence-corrected chi connectivity index (χ1v) is 10.00. The quantitative estimate of drug-likeness (QED) is 0.374. The minimum Gasteiger partial charge on any atom is -0.281 e. The molecule has 5 rings (SSSR count). The van der Waals surface area contributed by atoms with Gasteiger partial charge in [-0.15, -0.1) is 10.2 Å². The van der Waals surface area contributed by atoms with Crippen LogP contribution in [0.2, 0.25) is 5.02 Å². The second-order valence-electron chi connectivity index (χ2n) is 6.58. The zero-order valence-corrected chi connectivity index (χ0v) is 17.5. The molecule has 5 aromatic rings.